The number of rotatable bonds is 22. The van der Waals surface area contributed by atoms with E-state index in [1.54, 1.807) is 0 Å². The van der Waals surface area contributed by atoms with Crippen molar-refractivity contribution in [2.24, 2.45) is 0 Å². The first kappa shape index (κ1) is 33.8. The predicted molar refractivity (Wildman–Crippen MR) is 141 cm³/mol. The van der Waals surface area contributed by atoms with Gasteiger partial charge in [0.15, 0.2) is 5.69 Å². The molecule has 30 heavy (non-hydrogen) atoms. The SMILES string of the molecule is CCCCCCCCCCCCS(CCCCCCCCCCCC)=P(O)(O)S.[Zn]. The van der Waals surface area contributed by atoms with E-state index in [-0.39, 0.29) is 29.6 Å². The maximum absolute atomic E-state index is 10.1. The van der Waals surface area contributed by atoms with Crippen LogP contribution in [0.3, 0.4) is 0 Å². The normalized spacial score (nSPS) is 11.8. The Hall–Kier alpha value is 1.67. The van der Waals surface area contributed by atoms with Gasteiger partial charge < -0.3 is 9.79 Å². The van der Waals surface area contributed by atoms with Gasteiger partial charge in [0.25, 0.3) is 0 Å². The standard InChI is InChI=1S/C24H53O2PS2.Zn/c1-3-5-7-9-11-13-15-17-19-21-23-29(27(25,26)28)24-22-20-18-16-14-12-10-8-6-4-2;/h25-26,28H,3-24H2,1-2H3;. The van der Waals surface area contributed by atoms with Gasteiger partial charge in [0.05, 0.1) is 0 Å². The monoisotopic (exact) mass is 532 g/mol. The molecule has 0 radical (unpaired) electrons. The third kappa shape index (κ3) is 24.3. The maximum atomic E-state index is 10.1. The fraction of sp³-hybridized carbons (Fsp3) is 1.00. The second-order valence-electron chi connectivity index (χ2n) is 8.75. The Kier molecular flexibility index (Phi) is 28.5. The summed E-state index contributed by atoms with van der Waals surface area (Å²) >= 11 is 4.18. The minimum Gasteiger partial charge on any atom is -0.341 e. The van der Waals surface area contributed by atoms with Crippen LogP contribution < -0.4 is 0 Å². The zero-order valence-electron chi connectivity index (χ0n) is 20.5. The Labute approximate surface area is 210 Å². The number of unbranched alkanes of at least 4 members (excludes halogenated alkanes) is 18. The predicted octanol–water partition coefficient (Wildman–Crippen LogP) is 9.04. The molecule has 0 fully saturated rings. The number of hydrogen-bond donors (Lipinski definition) is 3. The quantitative estimate of drug-likeness (QED) is 0.0562. The fourth-order valence-corrected chi connectivity index (χ4v) is 9.34. The van der Waals surface area contributed by atoms with Gasteiger partial charge in [-0.15, -0.1) is 10.1 Å². The van der Waals surface area contributed by atoms with E-state index in [4.69, 9.17) is 0 Å². The van der Waals surface area contributed by atoms with E-state index >= 15 is 0 Å². The first-order valence-electron chi connectivity index (χ1n) is 12.8. The average molecular weight is 534 g/mol. The minimum absolute atomic E-state index is 0. The van der Waals surface area contributed by atoms with Gasteiger partial charge in [0, 0.05) is 19.5 Å². The van der Waals surface area contributed by atoms with Crippen LogP contribution in [-0.2, 0) is 29.6 Å². The van der Waals surface area contributed by atoms with Crippen LogP contribution in [0.5, 0.6) is 0 Å². The van der Waals surface area contributed by atoms with E-state index < -0.39 is 5.69 Å². The van der Waals surface area contributed by atoms with Crippen molar-refractivity contribution in [2.75, 3.05) is 11.5 Å². The van der Waals surface area contributed by atoms with Gasteiger partial charge in [-0.25, -0.2) is 0 Å². The summed E-state index contributed by atoms with van der Waals surface area (Å²) in [6, 6.07) is 0. The van der Waals surface area contributed by atoms with E-state index in [1.807, 2.05) is 0 Å². The van der Waals surface area contributed by atoms with E-state index in [1.165, 1.54) is 116 Å². The summed E-state index contributed by atoms with van der Waals surface area (Å²) in [5.41, 5.74) is -2.96. The second-order valence-corrected chi connectivity index (χ2v) is 17.1. The molecule has 0 aromatic rings. The van der Waals surface area contributed by atoms with E-state index in [2.05, 4.69) is 26.1 Å². The van der Waals surface area contributed by atoms with Crippen LogP contribution in [0.1, 0.15) is 142 Å². The average Bonchev–Trinajstić information content (AvgIpc) is 2.68. The smallest absolute Gasteiger partial charge is 0.198 e. The molecule has 0 spiro atoms. The summed E-state index contributed by atoms with van der Waals surface area (Å²) in [6.45, 7) is 4.54. The van der Waals surface area contributed by atoms with Crippen molar-refractivity contribution < 1.29 is 29.3 Å². The van der Waals surface area contributed by atoms with Crippen molar-refractivity contribution in [3.8, 4) is 0 Å². The topological polar surface area (TPSA) is 40.5 Å². The molecule has 0 saturated carbocycles. The molecule has 6 heteroatoms. The van der Waals surface area contributed by atoms with Crippen LogP contribution in [0.25, 0.3) is 0 Å². The van der Waals surface area contributed by atoms with Crippen molar-refractivity contribution in [1.29, 1.82) is 0 Å². The molecule has 0 aliphatic heterocycles. The van der Waals surface area contributed by atoms with E-state index in [0.29, 0.717) is 0 Å². The molecule has 0 amide bonds. The Balaban J connectivity index is 0. The summed E-state index contributed by atoms with van der Waals surface area (Å²) < 4.78 is 0. The Morgan fingerprint density at radius 3 is 0.967 bits per heavy atom. The van der Waals surface area contributed by atoms with Crippen LogP contribution in [-0.4, -0.2) is 21.3 Å². The minimum atomic E-state index is -2.96. The molecule has 0 rings (SSSR count). The zero-order valence-corrected chi connectivity index (χ0v) is 26.0. The van der Waals surface area contributed by atoms with E-state index in [9.17, 15) is 9.79 Å². The second kappa shape index (κ2) is 25.3. The third-order valence-corrected chi connectivity index (χ3v) is 13.3. The van der Waals surface area contributed by atoms with Crippen LogP contribution in [0.15, 0.2) is 0 Å². The first-order chi connectivity index (χ1) is 14.0. The van der Waals surface area contributed by atoms with Gasteiger partial charge in [-0.2, -0.15) is 0 Å². The summed E-state index contributed by atoms with van der Waals surface area (Å²) in [6.07, 6.45) is 26.6. The molecule has 0 saturated heterocycles. The first-order valence-corrected chi connectivity index (χ1v) is 17.8. The van der Waals surface area contributed by atoms with Gasteiger partial charge in [-0.1, -0.05) is 142 Å². The summed E-state index contributed by atoms with van der Waals surface area (Å²) in [5.74, 6) is 1.94. The molecule has 0 aromatic carbocycles. The van der Waals surface area contributed by atoms with Crippen molar-refractivity contribution in [3.63, 3.8) is 0 Å². The molecule has 0 aromatic heterocycles. The molecule has 0 bridgehead atoms. The number of hydrogen-bond acceptors (Lipinski definition) is 0. The molecule has 0 unspecified atom stereocenters. The van der Waals surface area contributed by atoms with Crippen LogP contribution in [0.4, 0.5) is 0 Å². The Morgan fingerprint density at radius 2 is 0.733 bits per heavy atom. The maximum Gasteiger partial charge on any atom is 0.198 e. The van der Waals surface area contributed by atoms with Gasteiger partial charge in [-0.05, 0) is 24.3 Å². The van der Waals surface area contributed by atoms with Gasteiger partial charge >= 0.3 is 0 Å². The van der Waals surface area contributed by atoms with Crippen molar-refractivity contribution in [2.45, 2.75) is 142 Å². The van der Waals surface area contributed by atoms with Crippen LogP contribution in [0, 0.1) is 0 Å². The van der Waals surface area contributed by atoms with Crippen LogP contribution in [0.2, 0.25) is 0 Å². The molecule has 0 aliphatic carbocycles. The zero-order chi connectivity index (χ0) is 21.6. The molecule has 2 N–H and O–H groups in total. The molecule has 180 valence electrons. The van der Waals surface area contributed by atoms with E-state index in [0.717, 1.165) is 24.3 Å². The largest absolute Gasteiger partial charge is 0.341 e. The van der Waals surface area contributed by atoms with Gasteiger partial charge in [0.1, 0.15) is 0 Å². The molecule has 0 aliphatic rings. The fourth-order valence-electron chi connectivity index (χ4n) is 3.86. The summed E-state index contributed by atoms with van der Waals surface area (Å²) in [5, 5.41) is 0. The van der Waals surface area contributed by atoms with Gasteiger partial charge in [0.2, 0.25) is 0 Å². The molecular formula is C24H53O2PS2Zn. The van der Waals surface area contributed by atoms with Crippen LogP contribution >= 0.6 is 17.9 Å². The van der Waals surface area contributed by atoms with Crippen molar-refractivity contribution in [1.82, 2.24) is 0 Å². The van der Waals surface area contributed by atoms with Crippen molar-refractivity contribution in [3.05, 3.63) is 0 Å². The van der Waals surface area contributed by atoms with Crippen molar-refractivity contribution >= 4 is 28.0 Å². The Bertz CT molecular complexity index is 368. The summed E-state index contributed by atoms with van der Waals surface area (Å²) in [4.78, 5) is 20.2. The Morgan fingerprint density at radius 1 is 0.500 bits per heavy atom. The van der Waals surface area contributed by atoms with Gasteiger partial charge in [-0.3, -0.25) is 0 Å². The molecule has 2 nitrogen and oxygen atoms in total. The molecular weight excluding hydrogens is 481 g/mol. The third-order valence-electron chi connectivity index (χ3n) is 5.81. The summed E-state index contributed by atoms with van der Waals surface area (Å²) in [7, 11) is -0.281. The number of thiol groups is 1. The molecule has 0 atom stereocenters. The molecule has 0 heterocycles.